The predicted molar refractivity (Wildman–Crippen MR) is 79.5 cm³/mol. The summed E-state index contributed by atoms with van der Waals surface area (Å²) in [5.41, 5.74) is -0.699. The molecule has 0 saturated heterocycles. The second-order valence-electron chi connectivity index (χ2n) is 5.34. The number of nitrogens with one attached hydrogen (secondary N) is 1. The van der Waals surface area contributed by atoms with Gasteiger partial charge in [-0.05, 0) is 36.4 Å². The molecule has 1 fully saturated rings. The molecular weight excluding hydrogens is 292 g/mol. The minimum absolute atomic E-state index is 0.0946. The number of amides is 1. The fraction of sp³-hybridized carbons (Fsp3) is 0.312. The van der Waals surface area contributed by atoms with Crippen molar-refractivity contribution in [2.45, 2.75) is 31.1 Å². The normalized spacial score (nSPS) is 16.9. The summed E-state index contributed by atoms with van der Waals surface area (Å²) in [5.74, 6) is -1.43. The minimum Gasteiger partial charge on any atom is -0.323 e. The van der Waals surface area contributed by atoms with Crippen molar-refractivity contribution in [1.29, 1.82) is 0 Å². The number of rotatable bonds is 3. The third-order valence-corrected chi connectivity index (χ3v) is 5.14. The molecule has 3 rings (SSSR count). The Morgan fingerprint density at radius 2 is 1.95 bits per heavy atom. The van der Waals surface area contributed by atoms with Gasteiger partial charge in [0.1, 0.15) is 11.6 Å². The fourth-order valence-electron chi connectivity index (χ4n) is 2.95. The number of anilines is 1. The predicted octanol–water partition coefficient (Wildman–Crippen LogP) is 4.48. The van der Waals surface area contributed by atoms with Crippen LogP contribution in [0.1, 0.15) is 30.6 Å². The zero-order valence-corrected chi connectivity index (χ0v) is 12.2. The van der Waals surface area contributed by atoms with Crippen LogP contribution >= 0.6 is 11.3 Å². The Bertz CT molecular complexity index is 648. The quantitative estimate of drug-likeness (QED) is 0.890. The van der Waals surface area contributed by atoms with Crippen molar-refractivity contribution in [3.8, 4) is 0 Å². The Morgan fingerprint density at radius 3 is 2.62 bits per heavy atom. The highest BCUT2D eigenvalue weighted by Crippen LogP contribution is 2.44. The van der Waals surface area contributed by atoms with Gasteiger partial charge in [0.25, 0.3) is 0 Å². The number of benzene rings is 1. The monoisotopic (exact) mass is 307 g/mol. The van der Waals surface area contributed by atoms with Crippen molar-refractivity contribution >= 4 is 22.9 Å². The Morgan fingerprint density at radius 1 is 1.19 bits per heavy atom. The Balaban J connectivity index is 1.91. The third kappa shape index (κ3) is 2.58. The molecule has 21 heavy (non-hydrogen) atoms. The maximum absolute atomic E-state index is 13.7. The van der Waals surface area contributed by atoms with Crippen molar-refractivity contribution in [2.24, 2.45) is 0 Å². The lowest BCUT2D eigenvalue weighted by Crippen LogP contribution is -2.37. The number of carbonyl (C=O) groups excluding carboxylic acids is 1. The molecule has 1 amide bonds. The van der Waals surface area contributed by atoms with Gasteiger partial charge in [0.05, 0.1) is 11.1 Å². The summed E-state index contributed by atoms with van der Waals surface area (Å²) in [7, 11) is 0. The van der Waals surface area contributed by atoms with Gasteiger partial charge in [0.2, 0.25) is 5.91 Å². The fourth-order valence-corrected chi connectivity index (χ4v) is 3.93. The van der Waals surface area contributed by atoms with Crippen LogP contribution in [-0.2, 0) is 10.2 Å². The van der Waals surface area contributed by atoms with Gasteiger partial charge in [0.15, 0.2) is 0 Å². The van der Waals surface area contributed by atoms with Gasteiger partial charge in [0, 0.05) is 10.9 Å². The molecule has 0 atom stereocenters. The lowest BCUT2D eigenvalue weighted by Gasteiger charge is -2.26. The molecule has 110 valence electrons. The molecule has 2 aromatic rings. The van der Waals surface area contributed by atoms with E-state index in [0.29, 0.717) is 0 Å². The average molecular weight is 307 g/mol. The molecule has 5 heteroatoms. The molecule has 0 bridgehead atoms. The van der Waals surface area contributed by atoms with E-state index in [9.17, 15) is 13.6 Å². The lowest BCUT2D eigenvalue weighted by molar-refractivity contribution is -0.121. The summed E-state index contributed by atoms with van der Waals surface area (Å²) < 4.78 is 26.9. The molecule has 1 aromatic heterocycles. The Hall–Kier alpha value is -1.75. The summed E-state index contributed by atoms with van der Waals surface area (Å²) in [4.78, 5) is 13.7. The van der Waals surface area contributed by atoms with Crippen LogP contribution in [0, 0.1) is 11.6 Å². The van der Waals surface area contributed by atoms with Gasteiger partial charge in [-0.3, -0.25) is 4.79 Å². The van der Waals surface area contributed by atoms with E-state index in [1.54, 1.807) is 0 Å². The van der Waals surface area contributed by atoms with E-state index in [-0.39, 0.29) is 11.6 Å². The first kappa shape index (κ1) is 14.2. The number of hydrogen-bond donors (Lipinski definition) is 1. The van der Waals surface area contributed by atoms with Gasteiger partial charge < -0.3 is 5.32 Å². The van der Waals surface area contributed by atoms with Gasteiger partial charge >= 0.3 is 0 Å². The van der Waals surface area contributed by atoms with Crippen molar-refractivity contribution in [2.75, 3.05) is 5.32 Å². The molecule has 1 aliphatic carbocycles. The van der Waals surface area contributed by atoms with E-state index in [1.807, 2.05) is 17.5 Å². The second kappa shape index (κ2) is 5.56. The van der Waals surface area contributed by atoms with Crippen molar-refractivity contribution in [3.63, 3.8) is 0 Å². The standard InChI is InChI=1S/C16H15F2NOS/c17-11-5-6-12(18)13(10-11)19-15(20)16(7-1-2-8-16)14-4-3-9-21-14/h3-6,9-10H,1-2,7-8H2,(H,19,20). The van der Waals surface area contributed by atoms with E-state index in [4.69, 9.17) is 0 Å². The second-order valence-corrected chi connectivity index (χ2v) is 6.29. The summed E-state index contributed by atoms with van der Waals surface area (Å²) in [6.07, 6.45) is 3.43. The van der Waals surface area contributed by atoms with Crippen LogP contribution in [0.15, 0.2) is 35.7 Å². The third-order valence-electron chi connectivity index (χ3n) is 4.06. The van der Waals surface area contributed by atoms with Gasteiger partial charge in [-0.1, -0.05) is 18.9 Å². The van der Waals surface area contributed by atoms with Crippen LogP contribution < -0.4 is 5.32 Å². The van der Waals surface area contributed by atoms with Crippen LogP contribution in [0.25, 0.3) is 0 Å². The molecule has 1 N–H and O–H groups in total. The van der Waals surface area contributed by atoms with Gasteiger partial charge in [-0.25, -0.2) is 8.78 Å². The first-order valence-corrected chi connectivity index (χ1v) is 7.80. The number of halogens is 2. The van der Waals surface area contributed by atoms with E-state index in [0.717, 1.165) is 48.8 Å². The Kier molecular flexibility index (Phi) is 3.76. The summed E-state index contributed by atoms with van der Waals surface area (Å²) in [6, 6.07) is 6.94. The number of carbonyl (C=O) groups is 1. The molecular formula is C16H15F2NOS. The number of hydrogen-bond acceptors (Lipinski definition) is 2. The van der Waals surface area contributed by atoms with Crippen molar-refractivity contribution < 1.29 is 13.6 Å². The first-order chi connectivity index (χ1) is 10.1. The van der Waals surface area contributed by atoms with Crippen LogP contribution in [0.4, 0.5) is 14.5 Å². The van der Waals surface area contributed by atoms with E-state index in [2.05, 4.69) is 5.32 Å². The van der Waals surface area contributed by atoms with Gasteiger partial charge in [-0.2, -0.15) is 0 Å². The molecule has 0 radical (unpaired) electrons. The highest BCUT2D eigenvalue weighted by Gasteiger charge is 2.43. The van der Waals surface area contributed by atoms with Crippen LogP contribution in [-0.4, -0.2) is 5.91 Å². The maximum atomic E-state index is 13.7. The van der Waals surface area contributed by atoms with Crippen LogP contribution in [0.3, 0.4) is 0 Å². The Labute approximate surface area is 125 Å². The molecule has 1 heterocycles. The highest BCUT2D eigenvalue weighted by atomic mass is 32.1. The maximum Gasteiger partial charge on any atom is 0.235 e. The van der Waals surface area contributed by atoms with E-state index >= 15 is 0 Å². The molecule has 0 unspecified atom stereocenters. The topological polar surface area (TPSA) is 29.1 Å². The first-order valence-electron chi connectivity index (χ1n) is 6.92. The SMILES string of the molecule is O=C(Nc1cc(F)ccc1F)C1(c2cccs2)CCCC1. The summed E-state index contributed by atoms with van der Waals surface area (Å²) in [6.45, 7) is 0. The highest BCUT2D eigenvalue weighted by molar-refractivity contribution is 7.10. The largest absolute Gasteiger partial charge is 0.323 e. The minimum atomic E-state index is -0.621. The smallest absolute Gasteiger partial charge is 0.235 e. The molecule has 1 saturated carbocycles. The molecule has 1 aliphatic rings. The van der Waals surface area contributed by atoms with Gasteiger partial charge in [-0.15, -0.1) is 11.3 Å². The molecule has 0 aliphatic heterocycles. The average Bonchev–Trinajstić information content (AvgIpc) is 3.13. The van der Waals surface area contributed by atoms with E-state index in [1.165, 1.54) is 11.3 Å². The molecule has 1 aromatic carbocycles. The molecule has 0 spiro atoms. The number of thiophene rings is 1. The zero-order chi connectivity index (χ0) is 14.9. The molecule has 2 nitrogen and oxygen atoms in total. The zero-order valence-electron chi connectivity index (χ0n) is 11.4. The van der Waals surface area contributed by atoms with Crippen LogP contribution in [0.5, 0.6) is 0 Å². The lowest BCUT2D eigenvalue weighted by atomic mass is 9.83. The van der Waals surface area contributed by atoms with Crippen molar-refractivity contribution in [3.05, 3.63) is 52.2 Å². The summed E-state index contributed by atoms with van der Waals surface area (Å²) in [5, 5.41) is 4.51. The van der Waals surface area contributed by atoms with Crippen LogP contribution in [0.2, 0.25) is 0 Å². The van der Waals surface area contributed by atoms with E-state index < -0.39 is 17.0 Å². The summed E-state index contributed by atoms with van der Waals surface area (Å²) >= 11 is 1.54. The van der Waals surface area contributed by atoms with Crippen molar-refractivity contribution in [1.82, 2.24) is 0 Å².